The van der Waals surface area contributed by atoms with E-state index >= 15 is 0 Å². The van der Waals surface area contributed by atoms with Crippen LogP contribution in [-0.2, 0) is 0 Å². The van der Waals surface area contributed by atoms with Gasteiger partial charge in [-0.3, -0.25) is 14.9 Å². The molecule has 1 amide bonds. The van der Waals surface area contributed by atoms with Crippen LogP contribution in [0, 0.1) is 33.1 Å². The van der Waals surface area contributed by atoms with E-state index in [4.69, 9.17) is 5.26 Å². The zero-order chi connectivity index (χ0) is 15.4. The van der Waals surface area contributed by atoms with Crippen molar-refractivity contribution in [3.8, 4) is 6.07 Å². The molecule has 0 aliphatic rings. The Labute approximate surface area is 113 Å². The van der Waals surface area contributed by atoms with Gasteiger partial charge in [-0.25, -0.2) is 4.39 Å². The molecule has 0 aliphatic carbocycles. The molecule has 0 bridgehead atoms. The molecule has 6 nitrogen and oxygen atoms in total. The molecule has 0 radical (unpaired) electrons. The third kappa shape index (κ3) is 2.88. The fourth-order valence-corrected chi connectivity index (χ4v) is 1.59. The van der Waals surface area contributed by atoms with E-state index in [0.29, 0.717) is 12.1 Å². The van der Waals surface area contributed by atoms with Crippen molar-refractivity contribution in [1.82, 2.24) is 4.90 Å². The Morgan fingerprint density at radius 3 is 2.55 bits per heavy atom. The van der Waals surface area contributed by atoms with Gasteiger partial charge in [-0.05, 0) is 19.9 Å². The number of benzene rings is 1. The summed E-state index contributed by atoms with van der Waals surface area (Å²) in [4.78, 5) is 22.5. The molecule has 0 aromatic heterocycles. The second-order valence-corrected chi connectivity index (χ2v) is 4.20. The molecule has 0 atom stereocenters. The highest BCUT2D eigenvalue weighted by molar-refractivity contribution is 5.95. The molecule has 106 valence electrons. The molecule has 1 rings (SSSR count). The van der Waals surface area contributed by atoms with Crippen molar-refractivity contribution >= 4 is 11.6 Å². The van der Waals surface area contributed by atoms with Gasteiger partial charge in [0.15, 0.2) is 0 Å². The van der Waals surface area contributed by atoms with E-state index in [1.807, 2.05) is 0 Å². The number of nitro benzene ring substituents is 1. The van der Waals surface area contributed by atoms with Crippen molar-refractivity contribution in [3.05, 3.63) is 39.4 Å². The van der Waals surface area contributed by atoms with Crippen LogP contribution in [0.3, 0.4) is 0 Å². The van der Waals surface area contributed by atoms with Crippen LogP contribution in [-0.4, -0.2) is 28.3 Å². The molecule has 0 heterocycles. The van der Waals surface area contributed by atoms with Gasteiger partial charge in [0.1, 0.15) is 17.9 Å². The van der Waals surface area contributed by atoms with Crippen molar-refractivity contribution in [2.24, 2.45) is 0 Å². The number of carbonyl (C=O) groups is 1. The van der Waals surface area contributed by atoms with E-state index in [-0.39, 0.29) is 6.54 Å². The van der Waals surface area contributed by atoms with E-state index in [1.165, 1.54) is 0 Å². The average Bonchev–Trinajstić information content (AvgIpc) is 2.34. The first-order valence-corrected chi connectivity index (χ1v) is 5.61. The van der Waals surface area contributed by atoms with Gasteiger partial charge in [0.25, 0.3) is 5.91 Å². The Bertz CT molecular complexity index is 596. The zero-order valence-corrected chi connectivity index (χ0v) is 10.8. The number of rotatable bonds is 4. The molecule has 8 heteroatoms. The number of hydrogen-bond acceptors (Lipinski definition) is 4. The normalized spacial score (nSPS) is 10.2. The summed E-state index contributed by atoms with van der Waals surface area (Å²) in [6.07, 6.45) is 0. The van der Waals surface area contributed by atoms with E-state index in [2.05, 4.69) is 0 Å². The first-order chi connectivity index (χ1) is 9.31. The Morgan fingerprint density at radius 2 is 2.10 bits per heavy atom. The lowest BCUT2D eigenvalue weighted by Crippen LogP contribution is -2.38. The highest BCUT2D eigenvalue weighted by Crippen LogP contribution is 2.24. The Hall–Kier alpha value is -2.56. The van der Waals surface area contributed by atoms with Crippen LogP contribution >= 0.6 is 0 Å². The quantitative estimate of drug-likeness (QED) is 0.481. The van der Waals surface area contributed by atoms with Crippen LogP contribution in [0.4, 0.5) is 14.5 Å². The van der Waals surface area contributed by atoms with Gasteiger partial charge < -0.3 is 4.90 Å². The summed E-state index contributed by atoms with van der Waals surface area (Å²) >= 11 is 0. The summed E-state index contributed by atoms with van der Waals surface area (Å²) < 4.78 is 27.5. The van der Waals surface area contributed by atoms with Crippen LogP contribution < -0.4 is 0 Å². The third-order valence-electron chi connectivity index (χ3n) is 2.61. The van der Waals surface area contributed by atoms with Gasteiger partial charge in [-0.15, -0.1) is 0 Å². The van der Waals surface area contributed by atoms with E-state index in [1.54, 1.807) is 19.9 Å². The summed E-state index contributed by atoms with van der Waals surface area (Å²) in [6.45, 7) is 2.74. The number of hydrogen-bond donors (Lipinski definition) is 0. The van der Waals surface area contributed by atoms with Crippen molar-refractivity contribution < 1.29 is 18.5 Å². The van der Waals surface area contributed by atoms with E-state index < -0.39 is 39.8 Å². The second-order valence-electron chi connectivity index (χ2n) is 4.20. The minimum atomic E-state index is -1.54. The van der Waals surface area contributed by atoms with E-state index in [0.717, 1.165) is 4.90 Å². The van der Waals surface area contributed by atoms with Crippen LogP contribution in [0.5, 0.6) is 0 Å². The van der Waals surface area contributed by atoms with Crippen molar-refractivity contribution in [3.63, 3.8) is 0 Å². The standard InChI is InChI=1S/C12H11F2N3O3/c1-7(2)16(6-5-15)12(18)10-8(13)3-4-9(11(10)14)17(19)20/h3-4,7H,6H2,1-2H3. The highest BCUT2D eigenvalue weighted by atomic mass is 19.1. The minimum absolute atomic E-state index is 0.377. The molecule has 0 N–H and O–H groups in total. The van der Waals surface area contributed by atoms with Crippen LogP contribution in [0.15, 0.2) is 12.1 Å². The van der Waals surface area contributed by atoms with E-state index in [9.17, 15) is 23.7 Å². The number of amides is 1. The third-order valence-corrected chi connectivity index (χ3v) is 2.61. The van der Waals surface area contributed by atoms with Gasteiger partial charge in [0, 0.05) is 12.1 Å². The van der Waals surface area contributed by atoms with Gasteiger partial charge in [0.05, 0.1) is 11.0 Å². The number of carbonyl (C=O) groups excluding carboxylic acids is 1. The lowest BCUT2D eigenvalue weighted by Gasteiger charge is -2.24. The predicted octanol–water partition coefficient (Wildman–Crippen LogP) is 2.25. The fourth-order valence-electron chi connectivity index (χ4n) is 1.59. The van der Waals surface area contributed by atoms with Gasteiger partial charge >= 0.3 is 5.69 Å². The molecule has 0 saturated heterocycles. The molecule has 1 aromatic carbocycles. The SMILES string of the molecule is CC(C)N(CC#N)C(=O)c1c(F)ccc([N+](=O)[O-])c1F. The Morgan fingerprint density at radius 1 is 1.50 bits per heavy atom. The van der Waals surface area contributed by atoms with Crippen molar-refractivity contribution in [1.29, 1.82) is 5.26 Å². The lowest BCUT2D eigenvalue weighted by molar-refractivity contribution is -0.387. The Kier molecular flexibility index (Phi) is 4.69. The topological polar surface area (TPSA) is 87.2 Å². The maximum atomic E-state index is 13.9. The summed E-state index contributed by atoms with van der Waals surface area (Å²) in [5, 5.41) is 19.2. The van der Waals surface area contributed by atoms with Crippen molar-refractivity contribution in [2.75, 3.05) is 6.54 Å². The first-order valence-electron chi connectivity index (χ1n) is 5.61. The average molecular weight is 283 g/mol. The number of nitrogens with zero attached hydrogens (tertiary/aromatic N) is 3. The van der Waals surface area contributed by atoms with Crippen molar-refractivity contribution in [2.45, 2.75) is 19.9 Å². The van der Waals surface area contributed by atoms with Gasteiger partial charge in [0.2, 0.25) is 5.82 Å². The largest absolute Gasteiger partial charge is 0.323 e. The monoisotopic (exact) mass is 283 g/mol. The predicted molar refractivity (Wildman–Crippen MR) is 64.8 cm³/mol. The van der Waals surface area contributed by atoms with Crippen LogP contribution in [0.2, 0.25) is 0 Å². The molecule has 1 aromatic rings. The summed E-state index contributed by atoms with van der Waals surface area (Å²) in [5.41, 5.74) is -2.02. The number of nitro groups is 1. The summed E-state index contributed by atoms with van der Waals surface area (Å²) in [5.74, 6) is -3.84. The molecule has 20 heavy (non-hydrogen) atoms. The van der Waals surface area contributed by atoms with Crippen LogP contribution in [0.1, 0.15) is 24.2 Å². The van der Waals surface area contributed by atoms with Gasteiger partial charge in [-0.1, -0.05) is 0 Å². The maximum absolute atomic E-state index is 13.9. The Balaban J connectivity index is 3.38. The van der Waals surface area contributed by atoms with Gasteiger partial charge in [-0.2, -0.15) is 9.65 Å². The molecule has 0 aliphatic heterocycles. The fraction of sp³-hybridized carbons (Fsp3) is 0.333. The lowest BCUT2D eigenvalue weighted by atomic mass is 10.1. The number of nitriles is 1. The number of halogens is 2. The zero-order valence-electron chi connectivity index (χ0n) is 10.8. The molecular weight excluding hydrogens is 272 g/mol. The smallest absolute Gasteiger partial charge is 0.305 e. The minimum Gasteiger partial charge on any atom is -0.323 e. The summed E-state index contributed by atoms with van der Waals surface area (Å²) in [6, 6.07) is 2.51. The maximum Gasteiger partial charge on any atom is 0.305 e. The highest BCUT2D eigenvalue weighted by Gasteiger charge is 2.30. The molecule has 0 spiro atoms. The first kappa shape index (κ1) is 15.5. The van der Waals surface area contributed by atoms with Crippen LogP contribution in [0.25, 0.3) is 0 Å². The molecule has 0 saturated carbocycles. The molecule has 0 fully saturated rings. The molecular formula is C12H11F2N3O3. The second kappa shape index (κ2) is 6.06. The molecule has 0 unspecified atom stereocenters. The summed E-state index contributed by atoms with van der Waals surface area (Å²) in [7, 11) is 0.